The Balaban J connectivity index is 1.76. The molecule has 1 saturated carbocycles. The summed E-state index contributed by atoms with van der Waals surface area (Å²) in [6.07, 6.45) is 8.43. The van der Waals surface area contributed by atoms with E-state index in [2.05, 4.69) is 17.1 Å². The summed E-state index contributed by atoms with van der Waals surface area (Å²) in [5, 5.41) is 3.63. The van der Waals surface area contributed by atoms with Crippen LogP contribution in [0.3, 0.4) is 0 Å². The maximum absolute atomic E-state index is 11.3. The number of hydrogen-bond acceptors (Lipinski definition) is 3. The van der Waals surface area contributed by atoms with Gasteiger partial charge in [0.2, 0.25) is 5.91 Å². The Hall–Kier alpha value is -0.610. The van der Waals surface area contributed by atoms with E-state index in [0.717, 1.165) is 32.5 Å². The summed E-state index contributed by atoms with van der Waals surface area (Å²) in [5.41, 5.74) is 5.46. The molecule has 0 aromatic carbocycles. The van der Waals surface area contributed by atoms with Crippen LogP contribution in [-0.4, -0.2) is 42.5 Å². The van der Waals surface area contributed by atoms with Crippen LogP contribution in [0.25, 0.3) is 0 Å². The third kappa shape index (κ3) is 4.18. The van der Waals surface area contributed by atoms with Crippen LogP contribution < -0.4 is 11.1 Å². The van der Waals surface area contributed by atoms with Crippen molar-refractivity contribution in [2.45, 2.75) is 64.0 Å². The summed E-state index contributed by atoms with van der Waals surface area (Å²) in [6.45, 7) is 5.41. The predicted molar refractivity (Wildman–Crippen MR) is 77.8 cm³/mol. The van der Waals surface area contributed by atoms with E-state index in [1.54, 1.807) is 0 Å². The summed E-state index contributed by atoms with van der Waals surface area (Å²) in [5.74, 6) is -0.0207. The molecule has 2 aliphatic rings. The molecular formula is C15H29N3O. The van der Waals surface area contributed by atoms with E-state index in [1.165, 1.54) is 32.1 Å². The standard InChI is InChI=1S/C15H29N3O/c1-2-9-17-13-5-7-14(8-6-13)18-10-3-4-12(11-18)15(16)19/h12-14,17H,2-11H2,1H3,(H2,16,19). The first-order valence-electron chi connectivity index (χ1n) is 7.97. The lowest BCUT2D eigenvalue weighted by atomic mass is 9.87. The molecule has 1 heterocycles. The van der Waals surface area contributed by atoms with Crippen LogP contribution in [0, 0.1) is 5.92 Å². The highest BCUT2D eigenvalue weighted by molar-refractivity contribution is 5.76. The highest BCUT2D eigenvalue weighted by Crippen LogP contribution is 2.27. The Kier molecular flexibility index (Phi) is 5.64. The highest BCUT2D eigenvalue weighted by Gasteiger charge is 2.30. The highest BCUT2D eigenvalue weighted by atomic mass is 16.1. The van der Waals surface area contributed by atoms with Crippen LogP contribution >= 0.6 is 0 Å². The molecule has 1 saturated heterocycles. The second-order valence-corrected chi connectivity index (χ2v) is 6.20. The normalized spacial score (nSPS) is 33.2. The zero-order valence-corrected chi connectivity index (χ0v) is 12.2. The van der Waals surface area contributed by atoms with E-state index in [9.17, 15) is 4.79 Å². The molecule has 110 valence electrons. The molecule has 1 aliphatic heterocycles. The molecule has 0 aromatic heterocycles. The SMILES string of the molecule is CCCNC1CCC(N2CCCC(C(N)=O)C2)CC1. The predicted octanol–water partition coefficient (Wildman–Crippen LogP) is 1.49. The summed E-state index contributed by atoms with van der Waals surface area (Å²) in [7, 11) is 0. The van der Waals surface area contributed by atoms with Crippen LogP contribution in [0.2, 0.25) is 0 Å². The topological polar surface area (TPSA) is 58.4 Å². The number of nitrogens with two attached hydrogens (primary N) is 1. The molecule has 2 fully saturated rings. The maximum atomic E-state index is 11.3. The second-order valence-electron chi connectivity index (χ2n) is 6.20. The number of amides is 1. The molecule has 4 nitrogen and oxygen atoms in total. The average molecular weight is 267 g/mol. The van der Waals surface area contributed by atoms with Crippen molar-refractivity contribution in [2.75, 3.05) is 19.6 Å². The van der Waals surface area contributed by atoms with Crippen molar-refractivity contribution < 1.29 is 4.79 Å². The molecule has 19 heavy (non-hydrogen) atoms. The molecule has 2 rings (SSSR count). The summed E-state index contributed by atoms with van der Waals surface area (Å²) in [6, 6.07) is 1.40. The van der Waals surface area contributed by atoms with Crippen molar-refractivity contribution in [3.63, 3.8) is 0 Å². The van der Waals surface area contributed by atoms with E-state index < -0.39 is 0 Å². The second kappa shape index (κ2) is 7.25. The fraction of sp³-hybridized carbons (Fsp3) is 0.933. The third-order valence-electron chi connectivity index (χ3n) is 4.75. The zero-order valence-electron chi connectivity index (χ0n) is 12.2. The fourth-order valence-electron chi connectivity index (χ4n) is 3.56. The molecule has 1 amide bonds. The van der Waals surface area contributed by atoms with Gasteiger partial charge in [-0.3, -0.25) is 9.69 Å². The minimum Gasteiger partial charge on any atom is -0.369 e. The number of piperidine rings is 1. The van der Waals surface area contributed by atoms with Gasteiger partial charge in [0.1, 0.15) is 0 Å². The monoisotopic (exact) mass is 267 g/mol. The van der Waals surface area contributed by atoms with Crippen LogP contribution in [0.15, 0.2) is 0 Å². The summed E-state index contributed by atoms with van der Waals surface area (Å²) in [4.78, 5) is 13.9. The van der Waals surface area contributed by atoms with Gasteiger partial charge in [0, 0.05) is 18.6 Å². The number of primary amides is 1. The number of nitrogens with one attached hydrogen (secondary N) is 1. The minimum atomic E-state index is -0.108. The quantitative estimate of drug-likeness (QED) is 0.793. The number of hydrogen-bond donors (Lipinski definition) is 2. The summed E-state index contributed by atoms with van der Waals surface area (Å²) >= 11 is 0. The van der Waals surface area contributed by atoms with Gasteiger partial charge in [-0.25, -0.2) is 0 Å². The Morgan fingerprint density at radius 1 is 1.26 bits per heavy atom. The van der Waals surface area contributed by atoms with E-state index in [1.807, 2.05) is 0 Å². The summed E-state index contributed by atoms with van der Waals surface area (Å²) < 4.78 is 0. The molecule has 0 radical (unpaired) electrons. The van der Waals surface area contributed by atoms with Crippen LogP contribution in [0.5, 0.6) is 0 Å². The van der Waals surface area contributed by atoms with Gasteiger partial charge in [-0.2, -0.15) is 0 Å². The molecule has 0 aromatic rings. The van der Waals surface area contributed by atoms with Crippen molar-refractivity contribution in [1.82, 2.24) is 10.2 Å². The first kappa shape index (κ1) is 14.8. The van der Waals surface area contributed by atoms with E-state index >= 15 is 0 Å². The average Bonchev–Trinajstić information content (AvgIpc) is 2.46. The van der Waals surface area contributed by atoms with Crippen LogP contribution in [0.1, 0.15) is 51.9 Å². The van der Waals surface area contributed by atoms with E-state index in [-0.39, 0.29) is 11.8 Å². The van der Waals surface area contributed by atoms with Gasteiger partial charge >= 0.3 is 0 Å². The Bertz CT molecular complexity index is 287. The first-order chi connectivity index (χ1) is 9.20. The van der Waals surface area contributed by atoms with Crippen molar-refractivity contribution in [1.29, 1.82) is 0 Å². The molecule has 3 N–H and O–H groups in total. The number of likely N-dealkylation sites (tertiary alicyclic amines) is 1. The largest absolute Gasteiger partial charge is 0.369 e. The van der Waals surface area contributed by atoms with Gasteiger partial charge < -0.3 is 11.1 Å². The van der Waals surface area contributed by atoms with Gasteiger partial charge in [-0.15, -0.1) is 0 Å². The van der Waals surface area contributed by atoms with Crippen molar-refractivity contribution in [2.24, 2.45) is 11.7 Å². The molecule has 1 unspecified atom stereocenters. The number of carbonyl (C=O) groups excluding carboxylic acids is 1. The van der Waals surface area contributed by atoms with Crippen molar-refractivity contribution in [3.05, 3.63) is 0 Å². The Morgan fingerprint density at radius 3 is 2.63 bits per heavy atom. The Morgan fingerprint density at radius 2 is 2.00 bits per heavy atom. The van der Waals surface area contributed by atoms with E-state index in [0.29, 0.717) is 12.1 Å². The van der Waals surface area contributed by atoms with Gasteiger partial charge in [0.25, 0.3) is 0 Å². The van der Waals surface area contributed by atoms with Gasteiger partial charge in [0.15, 0.2) is 0 Å². The lowest BCUT2D eigenvalue weighted by Gasteiger charge is -2.41. The van der Waals surface area contributed by atoms with Gasteiger partial charge in [-0.05, 0) is 58.0 Å². The first-order valence-corrected chi connectivity index (χ1v) is 7.97. The van der Waals surface area contributed by atoms with Gasteiger partial charge in [-0.1, -0.05) is 6.92 Å². The third-order valence-corrected chi connectivity index (χ3v) is 4.75. The molecule has 1 atom stereocenters. The van der Waals surface area contributed by atoms with Crippen LogP contribution in [0.4, 0.5) is 0 Å². The molecule has 0 bridgehead atoms. The number of carbonyl (C=O) groups is 1. The lowest BCUT2D eigenvalue weighted by molar-refractivity contribution is -0.123. The van der Waals surface area contributed by atoms with E-state index in [4.69, 9.17) is 5.73 Å². The fourth-order valence-corrected chi connectivity index (χ4v) is 3.56. The van der Waals surface area contributed by atoms with Gasteiger partial charge in [0.05, 0.1) is 5.92 Å². The number of rotatable bonds is 5. The minimum absolute atomic E-state index is 0.0877. The zero-order chi connectivity index (χ0) is 13.7. The molecule has 4 heteroatoms. The van der Waals surface area contributed by atoms with Crippen molar-refractivity contribution in [3.8, 4) is 0 Å². The van der Waals surface area contributed by atoms with Crippen molar-refractivity contribution >= 4 is 5.91 Å². The smallest absolute Gasteiger partial charge is 0.221 e. The molecule has 1 aliphatic carbocycles. The maximum Gasteiger partial charge on any atom is 0.221 e. The van der Waals surface area contributed by atoms with Crippen LogP contribution in [-0.2, 0) is 4.79 Å². The molecular weight excluding hydrogens is 238 g/mol. The molecule has 0 spiro atoms. The number of nitrogens with zero attached hydrogens (tertiary/aromatic N) is 1. The Labute approximate surface area is 117 Å². The lowest BCUT2D eigenvalue weighted by Crippen LogP contribution is -2.48.